The van der Waals surface area contributed by atoms with E-state index in [-0.39, 0.29) is 0 Å². The van der Waals surface area contributed by atoms with Crippen molar-refractivity contribution in [3.63, 3.8) is 0 Å². The van der Waals surface area contributed by atoms with Crippen LogP contribution in [0.3, 0.4) is 0 Å². The first kappa shape index (κ1) is 19.1. The van der Waals surface area contributed by atoms with Gasteiger partial charge in [0.15, 0.2) is 0 Å². The molecule has 0 fully saturated rings. The van der Waals surface area contributed by atoms with Crippen molar-refractivity contribution in [2.75, 3.05) is 12.4 Å². The molecule has 0 spiro atoms. The molecule has 1 aliphatic heterocycles. The van der Waals surface area contributed by atoms with Gasteiger partial charge >= 0.3 is 0 Å². The number of aromatic nitrogens is 3. The van der Waals surface area contributed by atoms with Crippen LogP contribution < -0.4 is 15.8 Å². The minimum atomic E-state index is -0.688. The average Bonchev–Trinajstić information content (AvgIpc) is 3.14. The summed E-state index contributed by atoms with van der Waals surface area (Å²) in [4.78, 5) is 16.9. The van der Waals surface area contributed by atoms with E-state index < -0.39 is 17.9 Å². The van der Waals surface area contributed by atoms with Crippen LogP contribution >= 0.6 is 11.8 Å². The Hall–Kier alpha value is -3.26. The van der Waals surface area contributed by atoms with Crippen LogP contribution in [0.5, 0.6) is 5.75 Å². The van der Waals surface area contributed by atoms with E-state index >= 15 is 0 Å². The predicted octanol–water partition coefficient (Wildman–Crippen LogP) is 3.21. The highest BCUT2D eigenvalue weighted by molar-refractivity contribution is 7.98. The quantitative estimate of drug-likeness (QED) is 0.609. The van der Waals surface area contributed by atoms with Gasteiger partial charge in [-0.3, -0.25) is 4.79 Å². The van der Waals surface area contributed by atoms with Crippen LogP contribution in [0.15, 0.2) is 72.0 Å². The molecule has 8 heteroatoms. The number of carbonyl (C=O) groups excluding carboxylic acids is 1. The second kappa shape index (κ2) is 8.00. The number of hydrogen-bond acceptors (Lipinski definition) is 6. The molecule has 4 rings (SSSR count). The summed E-state index contributed by atoms with van der Waals surface area (Å²) >= 11 is 1.52. The minimum absolute atomic E-state index is 0.488. The molecular formula is C21H21N5O2S. The number of hydrogen-bond donors (Lipinski definition) is 2. The summed E-state index contributed by atoms with van der Waals surface area (Å²) in [6.45, 7) is 4.01. The van der Waals surface area contributed by atoms with Crippen molar-refractivity contribution in [1.82, 2.24) is 14.8 Å². The number of nitrogens with one attached hydrogen (secondary N) is 1. The van der Waals surface area contributed by atoms with E-state index in [0.717, 1.165) is 11.3 Å². The first-order chi connectivity index (χ1) is 14.1. The highest BCUT2D eigenvalue weighted by Gasteiger charge is 2.40. The third-order valence-corrected chi connectivity index (χ3v) is 5.72. The second-order valence-electron chi connectivity index (χ2n) is 6.65. The molecule has 1 aliphatic rings. The Morgan fingerprint density at radius 2 is 1.97 bits per heavy atom. The van der Waals surface area contributed by atoms with Gasteiger partial charge in [-0.25, -0.2) is 4.68 Å². The Morgan fingerprint density at radius 1 is 1.24 bits per heavy atom. The number of carbonyl (C=O) groups is 1. The first-order valence-corrected chi connectivity index (χ1v) is 10.1. The normalized spacial score (nSPS) is 18.0. The Labute approximate surface area is 173 Å². The fraction of sp³-hybridized carbons (Fsp3) is 0.190. The molecule has 2 heterocycles. The standard InChI is InChI=1S/C21H21N5O2S/c1-13-17(19(22)27)18(15-10-6-7-11-16(15)28-2)26-20(23-13)24-21(25-26)29-12-14-8-4-3-5-9-14/h3-11,17-18H,1,12H2,2H3,(H2,22,27)(H,23,24,25)/t17-,18+/m0/s1. The molecule has 2 atom stereocenters. The maximum atomic E-state index is 12.3. The largest absolute Gasteiger partial charge is 0.496 e. The number of amides is 1. The third-order valence-electron chi connectivity index (χ3n) is 4.81. The van der Waals surface area contributed by atoms with E-state index in [1.54, 1.807) is 11.8 Å². The molecule has 7 nitrogen and oxygen atoms in total. The number of methoxy groups -OCH3 is 1. The lowest BCUT2D eigenvalue weighted by molar-refractivity contribution is -0.121. The molecule has 29 heavy (non-hydrogen) atoms. The van der Waals surface area contributed by atoms with Crippen LogP contribution in [-0.2, 0) is 10.5 Å². The Kier molecular flexibility index (Phi) is 5.26. The summed E-state index contributed by atoms with van der Waals surface area (Å²) in [5, 5.41) is 8.36. The van der Waals surface area contributed by atoms with Gasteiger partial charge in [-0.1, -0.05) is 66.9 Å². The summed E-state index contributed by atoms with van der Waals surface area (Å²) in [6, 6.07) is 17.1. The molecule has 1 aromatic heterocycles. The van der Waals surface area contributed by atoms with Crippen molar-refractivity contribution in [2.24, 2.45) is 11.7 Å². The van der Waals surface area contributed by atoms with Crippen LogP contribution in [0.4, 0.5) is 5.95 Å². The van der Waals surface area contributed by atoms with Crippen molar-refractivity contribution in [2.45, 2.75) is 17.0 Å². The maximum absolute atomic E-state index is 12.3. The Bertz CT molecular complexity index is 1050. The van der Waals surface area contributed by atoms with Crippen LogP contribution in [0.1, 0.15) is 17.2 Å². The van der Waals surface area contributed by atoms with Crippen LogP contribution in [-0.4, -0.2) is 27.8 Å². The molecule has 2 aromatic carbocycles. The number of ether oxygens (including phenoxy) is 1. The molecule has 0 aliphatic carbocycles. The van der Waals surface area contributed by atoms with Gasteiger partial charge in [-0.15, -0.1) is 5.10 Å². The van der Waals surface area contributed by atoms with Gasteiger partial charge in [0, 0.05) is 17.0 Å². The number of nitrogens with zero attached hydrogens (tertiary/aromatic N) is 3. The monoisotopic (exact) mass is 407 g/mol. The molecule has 0 bridgehead atoms. The molecule has 0 saturated heterocycles. The zero-order valence-electron chi connectivity index (χ0n) is 15.9. The number of para-hydroxylation sites is 1. The lowest BCUT2D eigenvalue weighted by Crippen LogP contribution is -2.40. The first-order valence-electron chi connectivity index (χ1n) is 9.10. The molecule has 0 unspecified atom stereocenters. The molecule has 0 radical (unpaired) electrons. The number of primary amides is 1. The highest BCUT2D eigenvalue weighted by atomic mass is 32.2. The van der Waals surface area contributed by atoms with Gasteiger partial charge in [0.2, 0.25) is 17.0 Å². The number of benzene rings is 2. The minimum Gasteiger partial charge on any atom is -0.496 e. The number of rotatable bonds is 6. The number of thioether (sulfide) groups is 1. The van der Waals surface area contributed by atoms with Gasteiger partial charge in [0.25, 0.3) is 0 Å². The van der Waals surface area contributed by atoms with E-state index in [9.17, 15) is 4.79 Å². The average molecular weight is 407 g/mol. The van der Waals surface area contributed by atoms with Gasteiger partial charge in [0.1, 0.15) is 17.7 Å². The van der Waals surface area contributed by atoms with Crippen LogP contribution in [0.25, 0.3) is 0 Å². The third kappa shape index (κ3) is 3.71. The fourth-order valence-electron chi connectivity index (χ4n) is 3.47. The SMILES string of the molecule is C=C1Nc2nc(SCc3ccccc3)nn2[C@H](c2ccccc2OC)[C@H]1C(N)=O. The van der Waals surface area contributed by atoms with Crippen LogP contribution in [0, 0.1) is 5.92 Å². The maximum Gasteiger partial charge on any atom is 0.229 e. The van der Waals surface area contributed by atoms with E-state index in [0.29, 0.717) is 22.6 Å². The highest BCUT2D eigenvalue weighted by Crippen LogP contribution is 2.41. The predicted molar refractivity (Wildman–Crippen MR) is 113 cm³/mol. The number of fused-ring (bicyclic) bond motifs is 1. The lowest BCUT2D eigenvalue weighted by atomic mass is 9.88. The molecule has 0 saturated carbocycles. The lowest BCUT2D eigenvalue weighted by Gasteiger charge is -2.33. The zero-order chi connectivity index (χ0) is 20.4. The zero-order valence-corrected chi connectivity index (χ0v) is 16.7. The molecule has 1 amide bonds. The molecular weight excluding hydrogens is 386 g/mol. The molecule has 148 valence electrons. The number of nitrogens with two attached hydrogens (primary N) is 1. The smallest absolute Gasteiger partial charge is 0.229 e. The van der Waals surface area contributed by atoms with Gasteiger partial charge in [0.05, 0.1) is 7.11 Å². The summed E-state index contributed by atoms with van der Waals surface area (Å²) in [5.74, 6) is 0.743. The van der Waals surface area contributed by atoms with Crippen molar-refractivity contribution < 1.29 is 9.53 Å². The Balaban J connectivity index is 1.73. The summed E-state index contributed by atoms with van der Waals surface area (Å²) < 4.78 is 7.22. The van der Waals surface area contributed by atoms with Gasteiger partial charge < -0.3 is 15.8 Å². The van der Waals surface area contributed by atoms with Crippen molar-refractivity contribution in [1.29, 1.82) is 0 Å². The van der Waals surface area contributed by atoms with E-state index in [1.807, 2.05) is 42.5 Å². The van der Waals surface area contributed by atoms with Gasteiger partial charge in [-0.2, -0.15) is 4.98 Å². The summed E-state index contributed by atoms with van der Waals surface area (Å²) in [5.41, 5.74) is 8.20. The number of anilines is 1. The molecule has 3 N–H and O–H groups in total. The Morgan fingerprint density at radius 3 is 2.69 bits per heavy atom. The van der Waals surface area contributed by atoms with E-state index in [2.05, 4.69) is 34.1 Å². The van der Waals surface area contributed by atoms with Crippen molar-refractivity contribution in [3.8, 4) is 5.75 Å². The van der Waals surface area contributed by atoms with E-state index in [4.69, 9.17) is 10.5 Å². The summed E-state index contributed by atoms with van der Waals surface area (Å²) in [6.07, 6.45) is 0. The van der Waals surface area contributed by atoms with Crippen LogP contribution in [0.2, 0.25) is 0 Å². The van der Waals surface area contributed by atoms with Gasteiger partial charge in [-0.05, 0) is 11.6 Å². The second-order valence-corrected chi connectivity index (χ2v) is 7.60. The van der Waals surface area contributed by atoms with Crippen molar-refractivity contribution in [3.05, 3.63) is 78.0 Å². The topological polar surface area (TPSA) is 95.1 Å². The summed E-state index contributed by atoms with van der Waals surface area (Å²) in [7, 11) is 1.59. The van der Waals surface area contributed by atoms with E-state index in [1.165, 1.54) is 17.3 Å². The molecule has 3 aromatic rings. The fourth-order valence-corrected chi connectivity index (χ4v) is 4.25. The van der Waals surface area contributed by atoms with Crippen molar-refractivity contribution >= 4 is 23.6 Å².